The number of carbonyl (C=O) groups excluding carboxylic acids is 3. The van der Waals surface area contributed by atoms with E-state index in [1.54, 1.807) is 20.8 Å². The van der Waals surface area contributed by atoms with Crippen LogP contribution in [0.25, 0.3) is 10.9 Å². The zero-order valence-corrected chi connectivity index (χ0v) is 20.7. The highest BCUT2D eigenvalue weighted by molar-refractivity contribution is 6.00. The Labute approximate surface area is 203 Å². The Bertz CT molecular complexity index is 1280. The molecule has 2 aromatic rings. The molecule has 9 heteroatoms. The molecule has 2 aliphatic heterocycles. The van der Waals surface area contributed by atoms with Gasteiger partial charge in [-0.05, 0) is 38.8 Å². The van der Waals surface area contributed by atoms with Gasteiger partial charge in [0.2, 0.25) is 5.76 Å². The Kier molecular flexibility index (Phi) is 6.21. The molecule has 0 aliphatic carbocycles. The number of hydrogen-bond acceptors (Lipinski definition) is 7. The lowest BCUT2D eigenvalue weighted by Crippen LogP contribution is -2.48. The molecule has 0 fully saturated rings. The largest absolute Gasteiger partial charge is 0.872 e. The van der Waals surface area contributed by atoms with Crippen molar-refractivity contribution < 1.29 is 38.3 Å². The fourth-order valence-electron chi connectivity index (χ4n) is 4.89. The zero-order valence-electron chi connectivity index (χ0n) is 20.7. The minimum Gasteiger partial charge on any atom is -0.872 e. The lowest BCUT2D eigenvalue weighted by molar-refractivity contribution is -0.469. The van der Waals surface area contributed by atoms with Gasteiger partial charge < -0.3 is 23.9 Å². The van der Waals surface area contributed by atoms with E-state index in [-0.39, 0.29) is 31.1 Å². The van der Waals surface area contributed by atoms with Gasteiger partial charge in [-0.1, -0.05) is 24.0 Å². The Morgan fingerprint density at radius 2 is 1.94 bits per heavy atom. The molecule has 0 unspecified atom stereocenters. The summed E-state index contributed by atoms with van der Waals surface area (Å²) in [5.74, 6) is -3.01. The van der Waals surface area contributed by atoms with E-state index in [0.29, 0.717) is 13.0 Å². The summed E-state index contributed by atoms with van der Waals surface area (Å²) in [6.07, 6.45) is 2.34. The molecule has 0 saturated carbocycles. The van der Waals surface area contributed by atoms with Crippen molar-refractivity contribution in [2.24, 2.45) is 12.5 Å². The number of nitrogens with zero attached hydrogens (tertiary/aromatic N) is 2. The molecule has 2 aliphatic rings. The van der Waals surface area contributed by atoms with E-state index in [1.165, 1.54) is 4.58 Å². The van der Waals surface area contributed by atoms with Crippen LogP contribution in [0.5, 0.6) is 0 Å². The highest BCUT2D eigenvalue weighted by Gasteiger charge is 2.56. The van der Waals surface area contributed by atoms with E-state index in [4.69, 9.17) is 14.2 Å². The van der Waals surface area contributed by atoms with Crippen molar-refractivity contribution in [2.45, 2.75) is 52.1 Å². The molecule has 1 aromatic heterocycles. The fourth-order valence-corrected chi connectivity index (χ4v) is 4.89. The van der Waals surface area contributed by atoms with Gasteiger partial charge in [-0.3, -0.25) is 4.79 Å². The van der Waals surface area contributed by atoms with Crippen molar-refractivity contribution in [2.75, 3.05) is 13.7 Å². The third kappa shape index (κ3) is 4.42. The number of para-hydroxylation sites is 1. The Balaban J connectivity index is 1.75. The average molecular weight is 483 g/mol. The molecule has 4 rings (SSSR count). The van der Waals surface area contributed by atoms with E-state index >= 15 is 0 Å². The van der Waals surface area contributed by atoms with Gasteiger partial charge in [0.1, 0.15) is 17.4 Å². The molecule has 1 amide bonds. The van der Waals surface area contributed by atoms with Gasteiger partial charge in [-0.15, -0.1) is 4.58 Å². The van der Waals surface area contributed by atoms with Gasteiger partial charge in [0, 0.05) is 30.6 Å². The molecule has 3 heterocycles. The number of amides is 1. The van der Waals surface area contributed by atoms with Crippen LogP contribution >= 0.6 is 0 Å². The smallest absolute Gasteiger partial charge is 0.394 e. The molecular weight excluding hydrogens is 452 g/mol. The normalized spacial score (nSPS) is 20.0. The summed E-state index contributed by atoms with van der Waals surface area (Å²) in [5.41, 5.74) is -0.421. The van der Waals surface area contributed by atoms with Crippen LogP contribution in [-0.2, 0) is 42.1 Å². The first-order chi connectivity index (χ1) is 16.5. The van der Waals surface area contributed by atoms with Crippen LogP contribution in [0.1, 0.15) is 45.6 Å². The van der Waals surface area contributed by atoms with E-state index in [9.17, 15) is 19.5 Å². The van der Waals surface area contributed by atoms with E-state index < -0.39 is 34.5 Å². The minimum atomic E-state index is -1.49. The van der Waals surface area contributed by atoms with Crippen molar-refractivity contribution in [3.8, 4) is 0 Å². The molecular formula is C26H30N2O7. The topological polar surface area (TPSA) is 110 Å². The predicted molar refractivity (Wildman–Crippen MR) is 124 cm³/mol. The number of benzene rings is 1. The van der Waals surface area contributed by atoms with Gasteiger partial charge >= 0.3 is 23.7 Å². The van der Waals surface area contributed by atoms with Crippen LogP contribution in [0.4, 0.5) is 0 Å². The molecule has 0 saturated heterocycles. The fraction of sp³-hybridized carbons (Fsp3) is 0.462. The van der Waals surface area contributed by atoms with Crippen molar-refractivity contribution in [1.82, 2.24) is 4.57 Å². The summed E-state index contributed by atoms with van der Waals surface area (Å²) < 4.78 is 19.3. The van der Waals surface area contributed by atoms with Crippen molar-refractivity contribution >= 4 is 34.6 Å². The number of rotatable bonds is 5. The van der Waals surface area contributed by atoms with Crippen molar-refractivity contribution in [3.05, 3.63) is 47.5 Å². The summed E-state index contributed by atoms with van der Waals surface area (Å²) in [6.45, 7) is 5.49. The number of carbonyl (C=O) groups is 3. The maximum Gasteiger partial charge on any atom is 0.394 e. The van der Waals surface area contributed by atoms with Crippen molar-refractivity contribution in [1.29, 1.82) is 0 Å². The van der Waals surface area contributed by atoms with Crippen LogP contribution in [0.15, 0.2) is 42.0 Å². The number of aryl methyl sites for hydroxylation is 1. The molecule has 0 N–H and O–H groups in total. The molecule has 35 heavy (non-hydrogen) atoms. The SMILES string of the molecule is COC(=O)C1=C([O-])[C@@]2(CC(=O)OC(C)(C)C)CCC[N+](C(=O)Cc3cn(C)c4ccccc34)=C2O1. The third-order valence-electron chi connectivity index (χ3n) is 6.34. The van der Waals surface area contributed by atoms with E-state index in [0.717, 1.165) is 23.6 Å². The zero-order chi connectivity index (χ0) is 25.5. The Morgan fingerprint density at radius 3 is 2.63 bits per heavy atom. The maximum absolute atomic E-state index is 13.5. The molecule has 186 valence electrons. The number of fused-ring (bicyclic) bond motifs is 2. The summed E-state index contributed by atoms with van der Waals surface area (Å²) in [5, 5.41) is 14.4. The summed E-state index contributed by atoms with van der Waals surface area (Å²) in [7, 11) is 3.05. The van der Waals surface area contributed by atoms with Crippen LogP contribution in [-0.4, -0.2) is 52.1 Å². The molecule has 1 aromatic carbocycles. The van der Waals surface area contributed by atoms with Crippen LogP contribution < -0.4 is 5.11 Å². The van der Waals surface area contributed by atoms with Crippen LogP contribution in [0, 0.1) is 5.41 Å². The molecule has 0 bridgehead atoms. The van der Waals surface area contributed by atoms with E-state index in [2.05, 4.69) is 0 Å². The Hall–Kier alpha value is -3.62. The lowest BCUT2D eigenvalue weighted by Gasteiger charge is -2.33. The quantitative estimate of drug-likeness (QED) is 0.473. The number of esters is 2. The van der Waals surface area contributed by atoms with Gasteiger partial charge in [0.15, 0.2) is 6.54 Å². The monoisotopic (exact) mass is 482 g/mol. The molecule has 0 radical (unpaired) electrons. The van der Waals surface area contributed by atoms with Crippen LogP contribution in [0.2, 0.25) is 0 Å². The summed E-state index contributed by atoms with van der Waals surface area (Å²) in [4.78, 5) is 38.6. The second-order valence-corrected chi connectivity index (χ2v) is 10.0. The number of hydrogen-bond donors (Lipinski definition) is 0. The number of ether oxygens (including phenoxy) is 3. The molecule has 9 nitrogen and oxygen atoms in total. The summed E-state index contributed by atoms with van der Waals surface area (Å²) in [6, 6.07) is 7.77. The number of aromatic nitrogens is 1. The number of methoxy groups -OCH3 is 1. The highest BCUT2D eigenvalue weighted by Crippen LogP contribution is 2.46. The van der Waals surface area contributed by atoms with Crippen molar-refractivity contribution in [3.63, 3.8) is 0 Å². The third-order valence-corrected chi connectivity index (χ3v) is 6.34. The maximum atomic E-state index is 13.5. The average Bonchev–Trinajstić information content (AvgIpc) is 3.26. The standard InChI is InChI=1S/C26H30N2O7/c1-25(2,3)35-20(30)14-26-11-8-12-28(24(26)34-21(22(26)31)23(32)33-5)19(29)13-16-15-27(4)18-10-7-6-9-17(16)18/h6-7,9-10,15H,8,11-14H2,1-5H3/t26-/m0/s1. The molecule has 0 spiro atoms. The Morgan fingerprint density at radius 1 is 1.23 bits per heavy atom. The van der Waals surface area contributed by atoms with Gasteiger partial charge in [-0.25, -0.2) is 9.59 Å². The minimum absolute atomic E-state index is 0.00486. The van der Waals surface area contributed by atoms with Gasteiger partial charge in [0.05, 0.1) is 13.5 Å². The van der Waals surface area contributed by atoms with E-state index in [1.807, 2.05) is 42.1 Å². The van der Waals surface area contributed by atoms with Gasteiger partial charge in [-0.2, -0.15) is 0 Å². The van der Waals surface area contributed by atoms with Gasteiger partial charge in [0.25, 0.3) is 0 Å². The summed E-state index contributed by atoms with van der Waals surface area (Å²) >= 11 is 0. The molecule has 1 atom stereocenters. The lowest BCUT2D eigenvalue weighted by atomic mass is 9.76. The highest BCUT2D eigenvalue weighted by atomic mass is 16.6. The first-order valence-corrected chi connectivity index (χ1v) is 11.6. The predicted octanol–water partition coefficient (Wildman–Crippen LogP) is 1.95. The first-order valence-electron chi connectivity index (χ1n) is 11.6. The second-order valence-electron chi connectivity index (χ2n) is 10.0. The first kappa shape index (κ1) is 24.5. The second kappa shape index (κ2) is 8.87. The van der Waals surface area contributed by atoms with Crippen LogP contribution in [0.3, 0.4) is 0 Å².